The summed E-state index contributed by atoms with van der Waals surface area (Å²) in [5.74, 6) is 1.38. The first-order valence-electron chi connectivity index (χ1n) is 16.0. The van der Waals surface area contributed by atoms with Gasteiger partial charge < -0.3 is 24.9 Å². The molecule has 2 aromatic carbocycles. The zero-order valence-electron chi connectivity index (χ0n) is 25.6. The molecule has 3 atom stereocenters. The van der Waals surface area contributed by atoms with Gasteiger partial charge in [0.2, 0.25) is 0 Å². The van der Waals surface area contributed by atoms with E-state index >= 15 is 0 Å². The predicted octanol–water partition coefficient (Wildman–Crippen LogP) is 5.81. The lowest BCUT2D eigenvalue weighted by Gasteiger charge is -2.40. The van der Waals surface area contributed by atoms with Gasteiger partial charge in [-0.05, 0) is 107 Å². The molecule has 2 amide bonds. The van der Waals surface area contributed by atoms with Gasteiger partial charge in [-0.3, -0.25) is 9.59 Å². The molecule has 8 nitrogen and oxygen atoms in total. The highest BCUT2D eigenvalue weighted by Crippen LogP contribution is 2.39. The van der Waals surface area contributed by atoms with Gasteiger partial charge >= 0.3 is 0 Å². The number of nitrogens with one attached hydrogen (secondary N) is 2. The summed E-state index contributed by atoms with van der Waals surface area (Å²) in [6, 6.07) is 19.1. The second-order valence-electron chi connectivity index (χ2n) is 12.9. The van der Waals surface area contributed by atoms with E-state index in [4.69, 9.17) is 9.40 Å². The fourth-order valence-electron chi connectivity index (χ4n) is 7.56. The molecule has 5 heterocycles. The van der Waals surface area contributed by atoms with E-state index in [0.29, 0.717) is 35.7 Å². The number of amides is 2. The summed E-state index contributed by atoms with van der Waals surface area (Å²) < 4.78 is 5.60. The maximum absolute atomic E-state index is 13.2. The number of furan rings is 1. The van der Waals surface area contributed by atoms with Crippen LogP contribution in [0.2, 0.25) is 0 Å². The van der Waals surface area contributed by atoms with Crippen molar-refractivity contribution in [3.05, 3.63) is 94.9 Å². The Morgan fingerprint density at radius 3 is 2.36 bits per heavy atom. The molecular formula is C36H41N5O3. The van der Waals surface area contributed by atoms with Crippen molar-refractivity contribution in [1.82, 2.24) is 20.5 Å². The summed E-state index contributed by atoms with van der Waals surface area (Å²) in [5, 5.41) is 7.36. The first-order valence-corrected chi connectivity index (χ1v) is 16.0. The van der Waals surface area contributed by atoms with Crippen LogP contribution in [0.25, 0.3) is 11.0 Å². The van der Waals surface area contributed by atoms with E-state index in [-0.39, 0.29) is 17.9 Å². The Hall–Kier alpha value is -4.17. The van der Waals surface area contributed by atoms with Crippen LogP contribution in [0.3, 0.4) is 0 Å². The molecule has 2 bridgehead atoms. The lowest BCUT2D eigenvalue weighted by molar-refractivity contribution is 0.0924. The van der Waals surface area contributed by atoms with E-state index in [1.165, 1.54) is 18.4 Å². The standard InChI is InChI=1S/C36H41N5O3/c1-23-32(11-7-27-15-18-44-34(23)27)36(43)39-29-19-30-9-10-31(20-29)41(30)33-12-8-28(22-37-33)35(42)38-21-24-3-5-25(6-4-24)26-13-16-40(2)17-14-26/h3-8,11-12,15,18,22,26,29-31H,9-10,13-14,16-17,19-21H2,1-2H3,(H,38,42)(H,39,43)/t29?,30-,31+. The minimum Gasteiger partial charge on any atom is -0.464 e. The maximum Gasteiger partial charge on any atom is 0.253 e. The average molecular weight is 592 g/mol. The zero-order valence-corrected chi connectivity index (χ0v) is 25.6. The number of likely N-dealkylation sites (tertiary alicyclic amines) is 1. The minimum atomic E-state index is -0.115. The molecule has 8 heteroatoms. The van der Waals surface area contributed by atoms with Gasteiger partial charge in [-0.15, -0.1) is 0 Å². The van der Waals surface area contributed by atoms with E-state index in [1.54, 1.807) is 12.5 Å². The molecule has 44 heavy (non-hydrogen) atoms. The van der Waals surface area contributed by atoms with Gasteiger partial charge in [-0.2, -0.15) is 0 Å². The molecule has 7 rings (SSSR count). The summed E-state index contributed by atoms with van der Waals surface area (Å²) in [7, 11) is 2.19. The van der Waals surface area contributed by atoms with Crippen molar-refractivity contribution < 1.29 is 14.0 Å². The van der Waals surface area contributed by atoms with E-state index < -0.39 is 0 Å². The van der Waals surface area contributed by atoms with E-state index in [9.17, 15) is 9.59 Å². The Morgan fingerprint density at radius 1 is 0.909 bits per heavy atom. The molecule has 3 aliphatic rings. The highest BCUT2D eigenvalue weighted by atomic mass is 16.3. The summed E-state index contributed by atoms with van der Waals surface area (Å²) in [4.78, 5) is 35.6. The SMILES string of the molecule is Cc1c(C(=O)NC2C[C@H]3CC[C@@H](C2)N3c2ccc(C(=O)NCc3ccc(C4CCN(C)CC4)cc3)cn2)ccc2ccoc12. The smallest absolute Gasteiger partial charge is 0.253 e. The second-order valence-corrected chi connectivity index (χ2v) is 12.9. The number of hydrogen-bond donors (Lipinski definition) is 2. The number of anilines is 1. The Kier molecular flexibility index (Phi) is 7.85. The number of fused-ring (bicyclic) bond motifs is 3. The molecule has 2 aromatic heterocycles. The van der Waals surface area contributed by atoms with Crippen LogP contribution in [0.5, 0.6) is 0 Å². The van der Waals surface area contributed by atoms with Crippen LogP contribution in [-0.4, -0.2) is 60.0 Å². The zero-order chi connectivity index (χ0) is 30.2. The topological polar surface area (TPSA) is 90.7 Å². The predicted molar refractivity (Wildman–Crippen MR) is 172 cm³/mol. The largest absolute Gasteiger partial charge is 0.464 e. The van der Waals surface area contributed by atoms with E-state index in [2.05, 4.69) is 51.7 Å². The van der Waals surface area contributed by atoms with Crippen LogP contribution >= 0.6 is 0 Å². The van der Waals surface area contributed by atoms with Crippen LogP contribution in [0.15, 0.2) is 71.5 Å². The molecule has 2 N–H and O–H groups in total. The number of carbonyl (C=O) groups excluding carboxylic acids is 2. The Bertz CT molecular complexity index is 1620. The Labute approximate surface area is 258 Å². The summed E-state index contributed by atoms with van der Waals surface area (Å²) in [6.07, 6.45) is 9.68. The highest BCUT2D eigenvalue weighted by Gasteiger charge is 2.42. The van der Waals surface area contributed by atoms with Crippen LogP contribution in [0, 0.1) is 6.92 Å². The molecule has 3 aliphatic heterocycles. The molecule has 1 unspecified atom stereocenters. The van der Waals surface area contributed by atoms with Gasteiger partial charge in [0.25, 0.3) is 11.8 Å². The Morgan fingerprint density at radius 2 is 1.66 bits per heavy atom. The van der Waals surface area contributed by atoms with Crippen molar-refractivity contribution in [2.24, 2.45) is 0 Å². The monoisotopic (exact) mass is 591 g/mol. The van der Waals surface area contributed by atoms with Crippen LogP contribution in [0.4, 0.5) is 5.82 Å². The van der Waals surface area contributed by atoms with Crippen molar-refractivity contribution in [2.45, 2.75) is 76.0 Å². The normalized spacial score (nSPS) is 22.3. The lowest BCUT2D eigenvalue weighted by Crippen LogP contribution is -2.50. The molecule has 0 spiro atoms. The number of hydrogen-bond acceptors (Lipinski definition) is 6. The fraction of sp³-hybridized carbons (Fsp3) is 0.417. The number of nitrogens with zero attached hydrogens (tertiary/aromatic N) is 3. The third kappa shape index (κ3) is 5.71. The molecule has 3 fully saturated rings. The van der Waals surface area contributed by atoms with Gasteiger partial charge in [0.05, 0.1) is 11.8 Å². The first kappa shape index (κ1) is 28.6. The average Bonchev–Trinajstić information content (AvgIpc) is 3.63. The quantitative estimate of drug-likeness (QED) is 0.282. The van der Waals surface area contributed by atoms with Gasteiger partial charge in [-0.25, -0.2) is 4.98 Å². The van der Waals surface area contributed by atoms with Gasteiger partial charge in [-0.1, -0.05) is 30.3 Å². The minimum absolute atomic E-state index is 0.0414. The van der Waals surface area contributed by atoms with Gasteiger partial charge in [0.1, 0.15) is 11.4 Å². The molecule has 0 radical (unpaired) electrons. The number of carbonyl (C=O) groups is 2. The molecular weight excluding hydrogens is 550 g/mol. The van der Waals surface area contributed by atoms with Crippen molar-refractivity contribution in [3.8, 4) is 0 Å². The van der Waals surface area contributed by atoms with Crippen LogP contribution in [-0.2, 0) is 6.54 Å². The third-order valence-electron chi connectivity index (χ3n) is 10.1. The lowest BCUT2D eigenvalue weighted by atomic mass is 9.89. The molecule has 0 saturated carbocycles. The van der Waals surface area contributed by atoms with E-state index in [1.807, 2.05) is 37.3 Å². The van der Waals surface area contributed by atoms with Gasteiger partial charge in [0, 0.05) is 47.4 Å². The number of piperidine rings is 2. The number of aromatic nitrogens is 1. The number of aryl methyl sites for hydroxylation is 1. The summed E-state index contributed by atoms with van der Waals surface area (Å²) in [5.41, 5.74) is 5.38. The van der Waals surface area contributed by atoms with Crippen molar-refractivity contribution in [3.63, 3.8) is 0 Å². The molecule has 0 aliphatic carbocycles. The van der Waals surface area contributed by atoms with E-state index in [0.717, 1.165) is 66.7 Å². The molecule has 3 saturated heterocycles. The summed E-state index contributed by atoms with van der Waals surface area (Å²) in [6.45, 7) is 4.73. The van der Waals surface area contributed by atoms with Crippen molar-refractivity contribution in [2.75, 3.05) is 25.0 Å². The second kappa shape index (κ2) is 12.1. The number of rotatable bonds is 7. The fourth-order valence-corrected chi connectivity index (χ4v) is 7.56. The summed E-state index contributed by atoms with van der Waals surface area (Å²) >= 11 is 0. The van der Waals surface area contributed by atoms with Gasteiger partial charge in [0.15, 0.2) is 0 Å². The molecule has 228 valence electrons. The molecule has 4 aromatic rings. The number of benzene rings is 2. The van der Waals surface area contributed by atoms with Crippen LogP contribution in [0.1, 0.15) is 81.8 Å². The Balaban J connectivity index is 0.928. The maximum atomic E-state index is 13.2. The highest BCUT2D eigenvalue weighted by molar-refractivity contribution is 6.00. The first-order chi connectivity index (χ1) is 21.4. The van der Waals surface area contributed by atoms with Crippen molar-refractivity contribution >= 4 is 28.6 Å². The number of pyridine rings is 1. The van der Waals surface area contributed by atoms with Crippen LogP contribution < -0.4 is 15.5 Å². The van der Waals surface area contributed by atoms with Crippen molar-refractivity contribution in [1.29, 1.82) is 0 Å². The third-order valence-corrected chi connectivity index (χ3v) is 10.1.